The Morgan fingerprint density at radius 1 is 0.846 bits per heavy atom. The summed E-state index contributed by atoms with van der Waals surface area (Å²) in [4.78, 5) is 13.2. The third-order valence-electron chi connectivity index (χ3n) is 4.10. The Morgan fingerprint density at radius 2 is 1.31 bits per heavy atom. The minimum atomic E-state index is -0.463. The summed E-state index contributed by atoms with van der Waals surface area (Å²) in [7, 11) is 1.60. The zero-order chi connectivity index (χ0) is 17.6. The highest BCUT2D eigenvalue weighted by Crippen LogP contribution is 2.28. The average molecular weight is 369 g/mol. The molecule has 5 heteroatoms. The normalized spacial score (nSPS) is 10.1. The first-order valence-corrected chi connectivity index (χ1v) is 8.03. The highest BCUT2D eigenvalue weighted by atomic mass is 35.5. The van der Waals surface area contributed by atoms with Gasteiger partial charge in [-0.25, -0.2) is 10.9 Å². The van der Waals surface area contributed by atoms with Crippen LogP contribution < -0.4 is 15.6 Å². The van der Waals surface area contributed by atoms with Crippen LogP contribution in [0.1, 0.15) is 17.0 Å². The lowest BCUT2D eigenvalue weighted by atomic mass is 9.90. The predicted molar refractivity (Wildman–Crippen MR) is 107 cm³/mol. The molecule has 1 amide bonds. The van der Waals surface area contributed by atoms with Crippen LogP contribution in [0.4, 0.5) is 5.69 Å². The summed E-state index contributed by atoms with van der Waals surface area (Å²) in [5, 5.41) is 1.20. The van der Waals surface area contributed by atoms with E-state index in [1.807, 2.05) is 60.7 Å². The summed E-state index contributed by atoms with van der Waals surface area (Å²) >= 11 is 0. The van der Waals surface area contributed by atoms with Crippen molar-refractivity contribution in [2.75, 3.05) is 12.1 Å². The maximum absolute atomic E-state index is 13.2. The second-order valence-electron chi connectivity index (χ2n) is 5.66. The zero-order valence-corrected chi connectivity index (χ0v) is 15.2. The van der Waals surface area contributed by atoms with Crippen LogP contribution in [0.25, 0.3) is 0 Å². The number of hydrazine groups is 1. The van der Waals surface area contributed by atoms with E-state index in [2.05, 4.69) is 0 Å². The number of hydrogen-bond acceptors (Lipinski definition) is 3. The van der Waals surface area contributed by atoms with Gasteiger partial charge in [0.25, 0.3) is 5.91 Å². The Hall–Kier alpha value is -2.82. The number of carbonyl (C=O) groups excluding carboxylic acids is 1. The number of halogens is 1. The molecule has 0 unspecified atom stereocenters. The summed E-state index contributed by atoms with van der Waals surface area (Å²) in [6.07, 6.45) is 0. The first kappa shape index (κ1) is 19.5. The van der Waals surface area contributed by atoms with Gasteiger partial charge in [0.15, 0.2) is 0 Å². The van der Waals surface area contributed by atoms with Crippen LogP contribution in [-0.2, 0) is 4.79 Å². The summed E-state index contributed by atoms with van der Waals surface area (Å²) < 4.78 is 5.15. The average Bonchev–Trinajstić information content (AvgIpc) is 2.69. The smallest absolute Gasteiger partial charge is 0.253 e. The van der Waals surface area contributed by atoms with E-state index in [1.165, 1.54) is 5.01 Å². The molecule has 2 N–H and O–H groups in total. The molecule has 3 rings (SSSR count). The van der Waals surface area contributed by atoms with Gasteiger partial charge in [-0.15, -0.1) is 12.4 Å². The molecule has 134 valence electrons. The second kappa shape index (κ2) is 9.04. The molecular formula is C21H21ClN2O2. The number of ether oxygens (including phenoxy) is 1. The zero-order valence-electron chi connectivity index (χ0n) is 14.4. The Bertz CT molecular complexity index is 784. The number of carbonyl (C=O) groups is 1. The van der Waals surface area contributed by atoms with Crippen molar-refractivity contribution < 1.29 is 9.53 Å². The molecule has 0 fully saturated rings. The number of amides is 1. The van der Waals surface area contributed by atoms with Gasteiger partial charge >= 0.3 is 0 Å². The molecule has 0 radical (unpaired) electrons. The minimum Gasteiger partial charge on any atom is -0.497 e. The van der Waals surface area contributed by atoms with Crippen LogP contribution >= 0.6 is 12.4 Å². The number of hydrogen-bond donors (Lipinski definition) is 1. The number of nitrogens with two attached hydrogens (primary N) is 1. The molecule has 0 aliphatic rings. The topological polar surface area (TPSA) is 55.6 Å². The third-order valence-corrected chi connectivity index (χ3v) is 4.10. The van der Waals surface area contributed by atoms with Gasteiger partial charge in [0, 0.05) is 0 Å². The minimum absolute atomic E-state index is 0. The fraction of sp³-hybridized carbons (Fsp3) is 0.0952. The maximum atomic E-state index is 13.2. The molecular weight excluding hydrogens is 348 g/mol. The van der Waals surface area contributed by atoms with Crippen molar-refractivity contribution in [1.29, 1.82) is 0 Å². The van der Waals surface area contributed by atoms with Crippen LogP contribution in [0.15, 0.2) is 84.9 Å². The molecule has 26 heavy (non-hydrogen) atoms. The summed E-state index contributed by atoms with van der Waals surface area (Å²) in [6, 6.07) is 26.4. The number of anilines is 1. The monoisotopic (exact) mass is 368 g/mol. The van der Waals surface area contributed by atoms with Crippen molar-refractivity contribution in [1.82, 2.24) is 0 Å². The first-order valence-electron chi connectivity index (χ1n) is 8.03. The largest absolute Gasteiger partial charge is 0.497 e. The molecule has 4 nitrogen and oxygen atoms in total. The quantitative estimate of drug-likeness (QED) is 0.418. The molecule has 0 aromatic heterocycles. The lowest BCUT2D eigenvalue weighted by molar-refractivity contribution is -0.119. The van der Waals surface area contributed by atoms with Gasteiger partial charge in [-0.2, -0.15) is 0 Å². The van der Waals surface area contributed by atoms with E-state index >= 15 is 0 Å². The summed E-state index contributed by atoms with van der Waals surface area (Å²) in [6.45, 7) is 0. The van der Waals surface area contributed by atoms with Crippen molar-refractivity contribution in [3.63, 3.8) is 0 Å². The highest BCUT2D eigenvalue weighted by Gasteiger charge is 2.26. The number of nitrogens with zero attached hydrogens (tertiary/aromatic N) is 1. The second-order valence-corrected chi connectivity index (χ2v) is 5.66. The predicted octanol–water partition coefficient (Wildman–Crippen LogP) is 4.16. The van der Waals surface area contributed by atoms with Gasteiger partial charge in [0.2, 0.25) is 0 Å². The summed E-state index contributed by atoms with van der Waals surface area (Å²) in [5.41, 5.74) is 2.42. The number of benzene rings is 3. The van der Waals surface area contributed by atoms with Gasteiger partial charge in [0.05, 0.1) is 18.7 Å². The molecule has 0 heterocycles. The van der Waals surface area contributed by atoms with Gasteiger partial charge in [0.1, 0.15) is 5.75 Å². The Morgan fingerprint density at radius 3 is 1.73 bits per heavy atom. The Balaban J connectivity index is 0.00000243. The van der Waals surface area contributed by atoms with E-state index in [9.17, 15) is 4.79 Å². The van der Waals surface area contributed by atoms with E-state index in [-0.39, 0.29) is 18.3 Å². The van der Waals surface area contributed by atoms with E-state index in [1.54, 1.807) is 31.4 Å². The fourth-order valence-corrected chi connectivity index (χ4v) is 2.78. The van der Waals surface area contributed by atoms with Gasteiger partial charge in [-0.05, 0) is 35.4 Å². The van der Waals surface area contributed by atoms with Crippen molar-refractivity contribution in [2.45, 2.75) is 5.92 Å². The van der Waals surface area contributed by atoms with E-state index in [0.29, 0.717) is 11.4 Å². The highest BCUT2D eigenvalue weighted by molar-refractivity contribution is 5.99. The van der Waals surface area contributed by atoms with Crippen LogP contribution in [0, 0.1) is 0 Å². The number of rotatable bonds is 5. The molecule has 3 aromatic rings. The lowest BCUT2D eigenvalue weighted by Crippen LogP contribution is -2.41. The van der Waals surface area contributed by atoms with Gasteiger partial charge in [-0.1, -0.05) is 60.7 Å². The molecule has 0 saturated carbocycles. The molecule has 0 bridgehead atoms. The van der Waals surface area contributed by atoms with E-state index < -0.39 is 5.92 Å². The van der Waals surface area contributed by atoms with E-state index in [4.69, 9.17) is 10.6 Å². The third kappa shape index (κ3) is 4.23. The van der Waals surface area contributed by atoms with Crippen molar-refractivity contribution in [3.8, 4) is 5.75 Å². The van der Waals surface area contributed by atoms with Crippen LogP contribution in [0.2, 0.25) is 0 Å². The fourth-order valence-electron chi connectivity index (χ4n) is 2.78. The molecule has 3 aromatic carbocycles. The van der Waals surface area contributed by atoms with Crippen molar-refractivity contribution in [3.05, 3.63) is 96.1 Å². The Kier molecular flexibility index (Phi) is 6.78. The molecule has 0 aliphatic carbocycles. The van der Waals surface area contributed by atoms with Crippen LogP contribution in [-0.4, -0.2) is 13.0 Å². The molecule has 0 atom stereocenters. The first-order chi connectivity index (χ1) is 12.2. The van der Waals surface area contributed by atoms with Crippen LogP contribution in [0.3, 0.4) is 0 Å². The standard InChI is InChI=1S/C21H20N2O2.ClH/c1-25-19-14-12-18(13-15-19)23(22)21(24)20(16-8-4-2-5-9-16)17-10-6-3-7-11-17;/h2-15,20H,22H2,1H3;1H. The lowest BCUT2D eigenvalue weighted by Gasteiger charge is -2.24. The summed E-state index contributed by atoms with van der Waals surface area (Å²) in [5.74, 6) is 6.21. The van der Waals surface area contributed by atoms with Crippen LogP contribution in [0.5, 0.6) is 5.75 Å². The SMILES string of the molecule is COc1ccc(N(N)C(=O)C(c2ccccc2)c2ccccc2)cc1.Cl. The molecule has 0 saturated heterocycles. The van der Waals surface area contributed by atoms with Gasteiger partial charge < -0.3 is 4.74 Å². The van der Waals surface area contributed by atoms with Crippen molar-refractivity contribution >= 4 is 24.0 Å². The van der Waals surface area contributed by atoms with Gasteiger partial charge in [-0.3, -0.25) is 4.79 Å². The van der Waals surface area contributed by atoms with Crippen molar-refractivity contribution in [2.24, 2.45) is 5.84 Å². The number of methoxy groups -OCH3 is 1. The maximum Gasteiger partial charge on any atom is 0.253 e. The Labute approximate surface area is 159 Å². The van der Waals surface area contributed by atoms with E-state index in [0.717, 1.165) is 11.1 Å². The molecule has 0 spiro atoms. The molecule has 0 aliphatic heterocycles.